The lowest BCUT2D eigenvalue weighted by Crippen LogP contribution is -2.14. The Balaban J connectivity index is 3.19. The van der Waals surface area contributed by atoms with Crippen molar-refractivity contribution < 1.29 is 24.2 Å². The van der Waals surface area contributed by atoms with Crippen LogP contribution in [0.4, 0.5) is 4.39 Å². The smallest absolute Gasteiger partial charge is 0.337 e. The third-order valence-corrected chi connectivity index (χ3v) is 2.31. The Morgan fingerprint density at radius 2 is 1.94 bits per heavy atom. The Morgan fingerprint density at radius 1 is 1.35 bits per heavy atom. The summed E-state index contributed by atoms with van der Waals surface area (Å²) >= 11 is 5.56. The molecule has 1 aromatic rings. The van der Waals surface area contributed by atoms with E-state index in [0.717, 1.165) is 18.2 Å². The van der Waals surface area contributed by atoms with Crippen molar-refractivity contribution in [1.29, 1.82) is 0 Å². The number of aliphatic hydroxyl groups excluding tert-OH is 1. The number of benzene rings is 1. The summed E-state index contributed by atoms with van der Waals surface area (Å²) in [6, 6.07) is 2.91. The standard InChI is InChI=1S/C11H10ClFO4/c1-5(12)9(14)6-2-7(4-8(13)3-6)10(15)11(16)17/h2-5,10,15H,1H3,(H,16,17). The van der Waals surface area contributed by atoms with Crippen LogP contribution in [0.1, 0.15) is 28.9 Å². The number of rotatable bonds is 4. The van der Waals surface area contributed by atoms with E-state index in [9.17, 15) is 19.1 Å². The number of carbonyl (C=O) groups excluding carboxylic acids is 1. The maximum atomic E-state index is 13.2. The molecule has 0 aliphatic carbocycles. The third-order valence-electron chi connectivity index (χ3n) is 2.12. The van der Waals surface area contributed by atoms with Gasteiger partial charge < -0.3 is 10.2 Å². The number of aliphatic hydroxyl groups is 1. The number of carboxylic acid groups (broad SMARTS) is 1. The second kappa shape index (κ2) is 5.25. The van der Waals surface area contributed by atoms with Gasteiger partial charge in [-0.15, -0.1) is 11.6 Å². The molecule has 0 aliphatic rings. The number of halogens is 2. The third kappa shape index (κ3) is 3.25. The maximum Gasteiger partial charge on any atom is 0.337 e. The molecule has 2 atom stereocenters. The number of aliphatic carboxylic acids is 1. The van der Waals surface area contributed by atoms with Gasteiger partial charge in [0.25, 0.3) is 0 Å². The number of hydrogen-bond donors (Lipinski definition) is 2. The second-order valence-corrected chi connectivity index (χ2v) is 4.15. The first kappa shape index (κ1) is 13.6. The van der Waals surface area contributed by atoms with E-state index in [2.05, 4.69) is 0 Å². The van der Waals surface area contributed by atoms with Crippen molar-refractivity contribution in [2.75, 3.05) is 0 Å². The molecule has 92 valence electrons. The lowest BCUT2D eigenvalue weighted by molar-refractivity contribution is -0.146. The molecule has 6 heteroatoms. The van der Waals surface area contributed by atoms with Crippen LogP contribution < -0.4 is 0 Å². The van der Waals surface area contributed by atoms with Gasteiger partial charge in [-0.2, -0.15) is 0 Å². The van der Waals surface area contributed by atoms with E-state index in [4.69, 9.17) is 16.7 Å². The largest absolute Gasteiger partial charge is 0.479 e. The van der Waals surface area contributed by atoms with Crippen LogP contribution in [0.3, 0.4) is 0 Å². The second-order valence-electron chi connectivity index (χ2n) is 3.49. The molecule has 0 aliphatic heterocycles. The number of carboxylic acids is 1. The van der Waals surface area contributed by atoms with Crippen LogP contribution in [0.5, 0.6) is 0 Å². The Kier molecular flexibility index (Phi) is 4.20. The van der Waals surface area contributed by atoms with Gasteiger partial charge in [0.1, 0.15) is 5.82 Å². The van der Waals surface area contributed by atoms with Gasteiger partial charge in [0.05, 0.1) is 5.38 Å². The van der Waals surface area contributed by atoms with Gasteiger partial charge >= 0.3 is 5.97 Å². The fourth-order valence-corrected chi connectivity index (χ4v) is 1.41. The van der Waals surface area contributed by atoms with Gasteiger partial charge in [-0.05, 0) is 30.7 Å². The van der Waals surface area contributed by atoms with E-state index < -0.39 is 29.1 Å². The molecule has 0 radical (unpaired) electrons. The molecule has 1 aromatic carbocycles. The van der Waals surface area contributed by atoms with Crippen molar-refractivity contribution in [2.24, 2.45) is 0 Å². The monoisotopic (exact) mass is 260 g/mol. The molecule has 1 rings (SSSR count). The molecule has 2 unspecified atom stereocenters. The van der Waals surface area contributed by atoms with Gasteiger partial charge in [-0.1, -0.05) is 0 Å². The summed E-state index contributed by atoms with van der Waals surface area (Å²) in [4.78, 5) is 22.1. The minimum absolute atomic E-state index is 0.0669. The minimum Gasteiger partial charge on any atom is -0.479 e. The van der Waals surface area contributed by atoms with Gasteiger partial charge in [-0.3, -0.25) is 4.79 Å². The highest BCUT2D eigenvalue weighted by molar-refractivity contribution is 6.33. The summed E-state index contributed by atoms with van der Waals surface area (Å²) in [5.74, 6) is -2.86. The van der Waals surface area contributed by atoms with Crippen molar-refractivity contribution in [3.05, 3.63) is 35.1 Å². The van der Waals surface area contributed by atoms with Crippen molar-refractivity contribution in [3.8, 4) is 0 Å². The van der Waals surface area contributed by atoms with Crippen molar-refractivity contribution in [3.63, 3.8) is 0 Å². The minimum atomic E-state index is -1.87. The molecule has 0 heterocycles. The summed E-state index contributed by atoms with van der Waals surface area (Å²) in [5.41, 5.74) is -0.263. The van der Waals surface area contributed by atoms with Gasteiger partial charge in [0, 0.05) is 5.56 Å². The molecule has 0 aromatic heterocycles. The molecule has 4 nitrogen and oxygen atoms in total. The first-order valence-electron chi connectivity index (χ1n) is 4.72. The average molecular weight is 261 g/mol. The molecular weight excluding hydrogens is 251 g/mol. The zero-order valence-electron chi connectivity index (χ0n) is 8.85. The summed E-state index contributed by atoms with van der Waals surface area (Å²) in [6.45, 7) is 1.42. The number of hydrogen-bond acceptors (Lipinski definition) is 3. The summed E-state index contributed by atoms with van der Waals surface area (Å²) in [7, 11) is 0. The van der Waals surface area contributed by atoms with Crippen LogP contribution in [-0.2, 0) is 4.79 Å². The summed E-state index contributed by atoms with van der Waals surface area (Å²) in [5, 5.41) is 17.0. The Labute approximate surface area is 102 Å². The van der Waals surface area contributed by atoms with Crippen molar-refractivity contribution in [1.82, 2.24) is 0 Å². The maximum absolute atomic E-state index is 13.2. The molecule has 0 fully saturated rings. The summed E-state index contributed by atoms with van der Waals surface area (Å²) in [6.07, 6.45) is -1.87. The molecule has 2 N–H and O–H groups in total. The van der Waals surface area contributed by atoms with Crippen LogP contribution in [-0.4, -0.2) is 27.3 Å². The average Bonchev–Trinajstić information content (AvgIpc) is 2.25. The molecule has 0 amide bonds. The first-order chi connectivity index (χ1) is 7.82. The zero-order valence-corrected chi connectivity index (χ0v) is 9.61. The van der Waals surface area contributed by atoms with E-state index >= 15 is 0 Å². The lowest BCUT2D eigenvalue weighted by atomic mass is 10.0. The van der Waals surface area contributed by atoms with Crippen LogP contribution in [0, 0.1) is 5.82 Å². The van der Waals surface area contributed by atoms with Crippen molar-refractivity contribution >= 4 is 23.4 Å². The van der Waals surface area contributed by atoms with Gasteiger partial charge in [0.2, 0.25) is 0 Å². The first-order valence-corrected chi connectivity index (χ1v) is 5.16. The number of carbonyl (C=O) groups is 2. The van der Waals surface area contributed by atoms with E-state index in [1.54, 1.807) is 0 Å². The molecular formula is C11H10ClFO4. The van der Waals surface area contributed by atoms with E-state index in [1.165, 1.54) is 6.92 Å². The van der Waals surface area contributed by atoms with Crippen LogP contribution in [0.15, 0.2) is 18.2 Å². The van der Waals surface area contributed by atoms with Crippen LogP contribution in [0.2, 0.25) is 0 Å². The summed E-state index contributed by atoms with van der Waals surface area (Å²) < 4.78 is 13.2. The fourth-order valence-electron chi connectivity index (χ4n) is 1.28. The highest BCUT2D eigenvalue weighted by Gasteiger charge is 2.20. The quantitative estimate of drug-likeness (QED) is 0.639. The lowest BCUT2D eigenvalue weighted by Gasteiger charge is -2.09. The Hall–Kier alpha value is -1.46. The highest BCUT2D eigenvalue weighted by atomic mass is 35.5. The van der Waals surface area contributed by atoms with Gasteiger partial charge in [-0.25, -0.2) is 9.18 Å². The van der Waals surface area contributed by atoms with E-state index in [1.807, 2.05) is 0 Å². The highest BCUT2D eigenvalue weighted by Crippen LogP contribution is 2.19. The predicted molar refractivity (Wildman–Crippen MR) is 58.6 cm³/mol. The molecule has 17 heavy (non-hydrogen) atoms. The topological polar surface area (TPSA) is 74.6 Å². The van der Waals surface area contributed by atoms with Crippen LogP contribution >= 0.6 is 11.6 Å². The van der Waals surface area contributed by atoms with E-state index in [0.29, 0.717) is 0 Å². The SMILES string of the molecule is CC(Cl)C(=O)c1cc(F)cc(C(O)C(=O)O)c1. The zero-order chi connectivity index (χ0) is 13.2. The normalized spacial score (nSPS) is 14.1. The van der Waals surface area contributed by atoms with Crippen molar-refractivity contribution in [2.45, 2.75) is 18.4 Å². The van der Waals surface area contributed by atoms with Crippen LogP contribution in [0.25, 0.3) is 0 Å². The number of alkyl halides is 1. The number of ketones is 1. The molecule has 0 saturated heterocycles. The number of Topliss-reactive ketones (excluding diaryl/α,β-unsaturated/α-hetero) is 1. The van der Waals surface area contributed by atoms with Gasteiger partial charge in [0.15, 0.2) is 11.9 Å². The van der Waals surface area contributed by atoms with E-state index in [-0.39, 0.29) is 11.1 Å². The Morgan fingerprint density at radius 3 is 2.41 bits per heavy atom. The fraction of sp³-hybridized carbons (Fsp3) is 0.273. The Bertz CT molecular complexity index is 459. The molecule has 0 bridgehead atoms. The molecule has 0 spiro atoms. The molecule has 0 saturated carbocycles. The predicted octanol–water partition coefficient (Wildman–Crippen LogP) is 1.75.